The first kappa shape index (κ1) is 13.9. The number of aromatic nitrogens is 4. The highest BCUT2D eigenvalue weighted by Gasteiger charge is 2.06. The molecule has 3 rings (SSSR count). The summed E-state index contributed by atoms with van der Waals surface area (Å²) in [6.45, 7) is 0.476. The van der Waals surface area contributed by atoms with E-state index in [0.29, 0.717) is 24.6 Å². The van der Waals surface area contributed by atoms with Crippen LogP contribution in [0.2, 0.25) is 0 Å². The van der Waals surface area contributed by atoms with Gasteiger partial charge in [-0.1, -0.05) is 36.4 Å². The fourth-order valence-corrected chi connectivity index (χ4v) is 2.02. The molecule has 0 saturated heterocycles. The quantitative estimate of drug-likeness (QED) is 0.749. The lowest BCUT2D eigenvalue weighted by molar-refractivity contribution is 0.856. The van der Waals surface area contributed by atoms with Crippen LogP contribution >= 0.6 is 0 Å². The number of nitrogens with one attached hydrogen (secondary N) is 2. The Morgan fingerprint density at radius 2 is 1.82 bits per heavy atom. The van der Waals surface area contributed by atoms with E-state index < -0.39 is 0 Å². The number of H-pyrrole nitrogens is 1. The lowest BCUT2D eigenvalue weighted by Gasteiger charge is -2.05. The molecule has 6 nitrogen and oxygen atoms in total. The van der Waals surface area contributed by atoms with Gasteiger partial charge in [0.2, 0.25) is 5.95 Å². The summed E-state index contributed by atoms with van der Waals surface area (Å²) < 4.78 is 0. The van der Waals surface area contributed by atoms with Crippen LogP contribution in [0, 0.1) is 0 Å². The fourth-order valence-electron chi connectivity index (χ4n) is 2.02. The molecule has 110 valence electrons. The van der Waals surface area contributed by atoms with Crippen LogP contribution in [-0.4, -0.2) is 20.2 Å². The predicted molar refractivity (Wildman–Crippen MR) is 83.5 cm³/mol. The van der Waals surface area contributed by atoms with E-state index in [1.54, 1.807) is 6.20 Å². The molecule has 1 aromatic carbocycles. The van der Waals surface area contributed by atoms with E-state index >= 15 is 0 Å². The Kier molecular flexibility index (Phi) is 4.20. The third-order valence-corrected chi connectivity index (χ3v) is 3.14. The Labute approximate surface area is 127 Å². The van der Waals surface area contributed by atoms with Crippen LogP contribution in [0.25, 0.3) is 0 Å². The van der Waals surface area contributed by atoms with Gasteiger partial charge in [-0.05, 0) is 17.7 Å². The van der Waals surface area contributed by atoms with Crippen LogP contribution < -0.4 is 10.9 Å². The summed E-state index contributed by atoms with van der Waals surface area (Å²) in [4.78, 5) is 18.9. The molecule has 2 heterocycles. The van der Waals surface area contributed by atoms with Gasteiger partial charge in [-0.25, -0.2) is 0 Å². The largest absolute Gasteiger partial charge is 0.349 e. The van der Waals surface area contributed by atoms with Gasteiger partial charge >= 0.3 is 0 Å². The summed E-state index contributed by atoms with van der Waals surface area (Å²) >= 11 is 0. The van der Waals surface area contributed by atoms with E-state index in [0.717, 1.165) is 11.3 Å². The average Bonchev–Trinajstić information content (AvgIpc) is 2.57. The SMILES string of the molecule is O=c1[nH]c(NCc2ccccn2)nnc1Cc1ccccc1. The summed E-state index contributed by atoms with van der Waals surface area (Å²) in [5.74, 6) is 0.340. The van der Waals surface area contributed by atoms with Crippen molar-refractivity contribution in [1.29, 1.82) is 0 Å². The standard InChI is InChI=1S/C16H15N5O/c22-15-14(10-12-6-2-1-3-7-12)20-21-16(19-15)18-11-13-8-4-5-9-17-13/h1-9H,10-11H2,(H2,18,19,21,22). The molecule has 0 saturated carbocycles. The first-order valence-electron chi connectivity index (χ1n) is 6.95. The molecule has 0 aliphatic carbocycles. The Morgan fingerprint density at radius 3 is 2.55 bits per heavy atom. The molecule has 0 spiro atoms. The van der Waals surface area contributed by atoms with Crippen molar-refractivity contribution in [2.24, 2.45) is 0 Å². The van der Waals surface area contributed by atoms with Crippen molar-refractivity contribution in [2.75, 3.05) is 5.32 Å². The lowest BCUT2D eigenvalue weighted by atomic mass is 10.1. The second-order valence-corrected chi connectivity index (χ2v) is 4.79. The van der Waals surface area contributed by atoms with Crippen LogP contribution in [0.3, 0.4) is 0 Å². The lowest BCUT2D eigenvalue weighted by Crippen LogP contribution is -2.20. The maximum atomic E-state index is 12.0. The van der Waals surface area contributed by atoms with E-state index in [2.05, 4.69) is 25.5 Å². The van der Waals surface area contributed by atoms with Crippen molar-refractivity contribution < 1.29 is 0 Å². The zero-order valence-electron chi connectivity index (χ0n) is 11.9. The van der Waals surface area contributed by atoms with Crippen LogP contribution in [0.15, 0.2) is 59.5 Å². The van der Waals surface area contributed by atoms with Gasteiger partial charge in [-0.2, -0.15) is 0 Å². The van der Waals surface area contributed by atoms with Gasteiger partial charge in [0.25, 0.3) is 5.56 Å². The Bertz CT molecular complexity index is 786. The first-order chi connectivity index (χ1) is 10.8. The topological polar surface area (TPSA) is 83.6 Å². The van der Waals surface area contributed by atoms with Crippen LogP contribution in [0.4, 0.5) is 5.95 Å². The molecule has 0 aliphatic rings. The highest BCUT2D eigenvalue weighted by atomic mass is 16.1. The molecule has 3 aromatic rings. The zero-order valence-corrected chi connectivity index (χ0v) is 11.9. The molecule has 0 fully saturated rings. The monoisotopic (exact) mass is 293 g/mol. The number of rotatable bonds is 5. The zero-order chi connectivity index (χ0) is 15.2. The van der Waals surface area contributed by atoms with Crippen molar-refractivity contribution >= 4 is 5.95 Å². The van der Waals surface area contributed by atoms with E-state index in [1.165, 1.54) is 0 Å². The minimum Gasteiger partial charge on any atom is -0.349 e. The molecule has 0 atom stereocenters. The van der Waals surface area contributed by atoms with E-state index in [1.807, 2.05) is 48.5 Å². The molecule has 0 aliphatic heterocycles. The number of anilines is 1. The second-order valence-electron chi connectivity index (χ2n) is 4.79. The number of pyridine rings is 1. The molecule has 2 aromatic heterocycles. The molecule has 22 heavy (non-hydrogen) atoms. The van der Waals surface area contributed by atoms with Crippen LogP contribution in [0.1, 0.15) is 17.0 Å². The third kappa shape index (κ3) is 3.54. The smallest absolute Gasteiger partial charge is 0.274 e. The Morgan fingerprint density at radius 1 is 1.00 bits per heavy atom. The van der Waals surface area contributed by atoms with Crippen LogP contribution in [0.5, 0.6) is 0 Å². The molecule has 0 amide bonds. The summed E-state index contributed by atoms with van der Waals surface area (Å²) in [6, 6.07) is 15.3. The fraction of sp³-hybridized carbons (Fsp3) is 0.125. The summed E-state index contributed by atoms with van der Waals surface area (Å²) in [6.07, 6.45) is 2.18. The van der Waals surface area contributed by atoms with Crippen LogP contribution in [-0.2, 0) is 13.0 Å². The highest BCUT2D eigenvalue weighted by molar-refractivity contribution is 5.25. The van der Waals surface area contributed by atoms with E-state index in [4.69, 9.17) is 0 Å². The highest BCUT2D eigenvalue weighted by Crippen LogP contribution is 2.04. The number of benzene rings is 1. The van der Waals surface area contributed by atoms with Crippen molar-refractivity contribution in [1.82, 2.24) is 20.2 Å². The number of aromatic amines is 1. The second kappa shape index (κ2) is 6.62. The minimum absolute atomic E-state index is 0.234. The summed E-state index contributed by atoms with van der Waals surface area (Å²) in [7, 11) is 0. The molecule has 0 radical (unpaired) electrons. The molecular weight excluding hydrogens is 278 g/mol. The van der Waals surface area contributed by atoms with Crippen molar-refractivity contribution in [3.05, 3.63) is 82.0 Å². The van der Waals surface area contributed by atoms with Gasteiger partial charge in [0.1, 0.15) is 5.69 Å². The maximum absolute atomic E-state index is 12.0. The molecule has 6 heteroatoms. The summed E-state index contributed by atoms with van der Waals surface area (Å²) in [5.41, 5.74) is 2.05. The van der Waals surface area contributed by atoms with E-state index in [-0.39, 0.29) is 5.56 Å². The maximum Gasteiger partial charge on any atom is 0.274 e. The van der Waals surface area contributed by atoms with Gasteiger partial charge in [-0.3, -0.25) is 14.8 Å². The van der Waals surface area contributed by atoms with Gasteiger partial charge in [0, 0.05) is 12.6 Å². The normalized spacial score (nSPS) is 10.4. The first-order valence-corrected chi connectivity index (χ1v) is 6.95. The predicted octanol–water partition coefficient (Wildman–Crippen LogP) is 1.76. The number of hydrogen-bond donors (Lipinski definition) is 2. The average molecular weight is 293 g/mol. The molecular formula is C16H15N5O. The van der Waals surface area contributed by atoms with E-state index in [9.17, 15) is 4.79 Å². The minimum atomic E-state index is -0.234. The van der Waals surface area contributed by atoms with Gasteiger partial charge in [0.15, 0.2) is 0 Å². The Hall–Kier alpha value is -3.02. The van der Waals surface area contributed by atoms with Gasteiger partial charge in [-0.15, -0.1) is 10.2 Å². The summed E-state index contributed by atoms with van der Waals surface area (Å²) in [5, 5.41) is 11.0. The Balaban J connectivity index is 1.68. The van der Waals surface area contributed by atoms with Crippen molar-refractivity contribution in [2.45, 2.75) is 13.0 Å². The van der Waals surface area contributed by atoms with Crippen molar-refractivity contribution in [3.8, 4) is 0 Å². The molecule has 0 bridgehead atoms. The third-order valence-electron chi connectivity index (χ3n) is 3.14. The van der Waals surface area contributed by atoms with Gasteiger partial charge in [0.05, 0.1) is 12.2 Å². The molecule has 0 unspecified atom stereocenters. The molecule has 2 N–H and O–H groups in total. The number of nitrogens with zero attached hydrogens (tertiary/aromatic N) is 3. The van der Waals surface area contributed by atoms with Crippen molar-refractivity contribution in [3.63, 3.8) is 0 Å². The number of hydrogen-bond acceptors (Lipinski definition) is 5. The van der Waals surface area contributed by atoms with Gasteiger partial charge < -0.3 is 5.32 Å².